The Morgan fingerprint density at radius 2 is 0.957 bits per heavy atom. The average Bonchev–Trinajstić information content (AvgIpc) is 3.09. The van der Waals surface area contributed by atoms with Crippen LogP contribution in [0, 0.1) is 0 Å². The number of esters is 2. The predicted molar refractivity (Wildman–Crippen MR) is 172 cm³/mol. The topological polar surface area (TPSA) is 112 Å². The molecule has 2 saturated carbocycles. The molecule has 0 saturated heterocycles. The Balaban J connectivity index is 1.31. The van der Waals surface area contributed by atoms with Crippen molar-refractivity contribution in [2.24, 2.45) is 0 Å². The van der Waals surface area contributed by atoms with Crippen LogP contribution in [0.15, 0.2) is 72.8 Å². The Kier molecular flexibility index (Phi) is 13.5. The van der Waals surface area contributed by atoms with Crippen LogP contribution in [0.2, 0.25) is 0 Å². The van der Waals surface area contributed by atoms with Crippen molar-refractivity contribution in [3.8, 4) is 0 Å². The Hall–Kier alpha value is -4.34. The predicted octanol–water partition coefficient (Wildman–Crippen LogP) is 6.91. The van der Waals surface area contributed by atoms with Crippen molar-refractivity contribution in [3.63, 3.8) is 0 Å². The number of carbonyl (C=O) groups is 4. The van der Waals surface area contributed by atoms with Crippen molar-refractivity contribution < 1.29 is 38.1 Å². The molecule has 46 heavy (non-hydrogen) atoms. The monoisotopic (exact) mass is 634 g/mol. The van der Waals surface area contributed by atoms with Gasteiger partial charge in [-0.15, -0.1) is 0 Å². The molecular formula is C36H46N2O8. The summed E-state index contributed by atoms with van der Waals surface area (Å²) < 4.78 is 22.4. The molecule has 4 rings (SSSR count). The maximum Gasteiger partial charge on any atom is 0.410 e. The van der Waals surface area contributed by atoms with Gasteiger partial charge in [-0.05, 0) is 62.5 Å². The molecule has 248 valence electrons. The molecule has 0 heterocycles. The first kappa shape index (κ1) is 34.5. The first-order valence-electron chi connectivity index (χ1n) is 16.3. The molecule has 2 fully saturated rings. The Labute approximate surface area is 271 Å². The lowest BCUT2D eigenvalue weighted by Gasteiger charge is -2.30. The van der Waals surface area contributed by atoms with Crippen molar-refractivity contribution in [2.45, 2.75) is 88.5 Å². The minimum absolute atomic E-state index is 0.111. The number of benzene rings is 2. The molecule has 0 radical (unpaired) electrons. The van der Waals surface area contributed by atoms with Crippen LogP contribution in [0.5, 0.6) is 0 Å². The first-order valence-corrected chi connectivity index (χ1v) is 16.3. The summed E-state index contributed by atoms with van der Waals surface area (Å²) in [4.78, 5) is 54.0. The number of amides is 2. The molecule has 2 aromatic rings. The van der Waals surface area contributed by atoms with E-state index in [1.807, 2.05) is 60.7 Å². The van der Waals surface area contributed by atoms with Gasteiger partial charge < -0.3 is 28.7 Å². The highest BCUT2D eigenvalue weighted by Gasteiger charge is 2.29. The van der Waals surface area contributed by atoms with Gasteiger partial charge in [0, 0.05) is 26.2 Å². The summed E-state index contributed by atoms with van der Waals surface area (Å²) in [5, 5.41) is 0. The van der Waals surface area contributed by atoms with E-state index in [0.717, 1.165) is 87.5 Å². The van der Waals surface area contributed by atoms with Crippen molar-refractivity contribution in [2.75, 3.05) is 27.3 Å². The van der Waals surface area contributed by atoms with Gasteiger partial charge in [0.15, 0.2) is 0 Å². The number of hydrogen-bond acceptors (Lipinski definition) is 8. The zero-order chi connectivity index (χ0) is 32.7. The van der Waals surface area contributed by atoms with Crippen LogP contribution in [0.25, 0.3) is 0 Å². The van der Waals surface area contributed by atoms with Crippen LogP contribution in [-0.4, -0.2) is 73.4 Å². The van der Waals surface area contributed by atoms with Gasteiger partial charge in [0.1, 0.15) is 25.4 Å². The van der Waals surface area contributed by atoms with Crippen molar-refractivity contribution in [1.82, 2.24) is 9.80 Å². The van der Waals surface area contributed by atoms with E-state index in [1.165, 1.54) is 9.80 Å². The highest BCUT2D eigenvalue weighted by molar-refractivity contribution is 5.91. The lowest BCUT2D eigenvalue weighted by Crippen LogP contribution is -2.37. The van der Waals surface area contributed by atoms with Crippen LogP contribution < -0.4 is 0 Å². The largest absolute Gasteiger partial charge is 0.460 e. The molecule has 10 nitrogen and oxygen atoms in total. The summed E-state index contributed by atoms with van der Waals surface area (Å²) in [7, 11) is 3.24. The van der Waals surface area contributed by atoms with Crippen LogP contribution in [0.3, 0.4) is 0 Å². The summed E-state index contributed by atoms with van der Waals surface area (Å²) in [6.45, 7) is -0.273. The van der Waals surface area contributed by atoms with E-state index in [9.17, 15) is 19.2 Å². The van der Waals surface area contributed by atoms with Crippen molar-refractivity contribution >= 4 is 24.1 Å². The smallest absolute Gasteiger partial charge is 0.410 e. The summed E-state index contributed by atoms with van der Waals surface area (Å²) in [6.07, 6.45) is 10.6. The molecule has 0 aromatic heterocycles. The Morgan fingerprint density at radius 1 is 0.609 bits per heavy atom. The molecule has 0 unspecified atom stereocenters. The molecule has 0 N–H and O–H groups in total. The molecule has 2 aromatic carbocycles. The second-order valence-electron chi connectivity index (χ2n) is 12.0. The highest BCUT2D eigenvalue weighted by atomic mass is 16.6. The number of nitrogens with zero attached hydrogens (tertiary/aromatic N) is 2. The number of ether oxygens (including phenoxy) is 4. The summed E-state index contributed by atoms with van der Waals surface area (Å²) >= 11 is 0. The lowest BCUT2D eigenvalue weighted by molar-refractivity contribution is -0.142. The zero-order valence-corrected chi connectivity index (χ0v) is 26.9. The van der Waals surface area contributed by atoms with Crippen LogP contribution in [-0.2, 0) is 28.5 Å². The van der Waals surface area contributed by atoms with E-state index in [1.54, 1.807) is 14.1 Å². The third-order valence-electron chi connectivity index (χ3n) is 8.64. The van der Waals surface area contributed by atoms with Gasteiger partial charge in [0.05, 0.1) is 12.1 Å². The molecule has 2 aliphatic carbocycles. The molecule has 0 aliphatic heterocycles. The summed E-state index contributed by atoms with van der Waals surface area (Å²) in [6, 6.07) is 17.3. The van der Waals surface area contributed by atoms with Crippen LogP contribution in [0.1, 0.15) is 87.4 Å². The van der Waals surface area contributed by atoms with Crippen molar-refractivity contribution in [3.05, 3.63) is 83.9 Å². The van der Waals surface area contributed by atoms with Gasteiger partial charge in [0.25, 0.3) is 0 Å². The molecule has 2 aliphatic rings. The summed E-state index contributed by atoms with van der Waals surface area (Å²) in [5.74, 6) is -1.53. The molecule has 0 bridgehead atoms. The minimum Gasteiger partial charge on any atom is -0.460 e. The number of rotatable bonds is 12. The van der Waals surface area contributed by atoms with E-state index in [-0.39, 0.29) is 25.4 Å². The van der Waals surface area contributed by atoms with Crippen LogP contribution in [0.4, 0.5) is 9.59 Å². The zero-order valence-electron chi connectivity index (χ0n) is 26.9. The minimum atomic E-state index is -0.764. The fraction of sp³-hybridized carbons (Fsp3) is 0.500. The maximum atomic E-state index is 13.0. The maximum absolute atomic E-state index is 13.0. The SMILES string of the molecule is CN(C(=O)OC1CCCCC1)[C@H](COC(=O)/C=C/C(=O)OC[C@H](c1ccccc1)N(C)C(=O)OC1CCCCC1)c1ccccc1. The molecular weight excluding hydrogens is 588 g/mol. The lowest BCUT2D eigenvalue weighted by atomic mass is 9.98. The van der Waals surface area contributed by atoms with Gasteiger partial charge in [-0.3, -0.25) is 0 Å². The molecule has 0 spiro atoms. The van der Waals surface area contributed by atoms with Gasteiger partial charge >= 0.3 is 24.1 Å². The normalized spacial score (nSPS) is 17.0. The van der Waals surface area contributed by atoms with Gasteiger partial charge in [-0.25, -0.2) is 19.2 Å². The first-order chi connectivity index (χ1) is 22.3. The Morgan fingerprint density at radius 3 is 1.30 bits per heavy atom. The standard InChI is InChI=1S/C36H46N2O8/c1-37(35(41)45-29-19-11-5-12-20-29)31(27-15-7-3-8-16-27)25-43-33(39)23-24-34(40)44-26-32(28-17-9-4-10-18-28)38(2)36(42)46-30-21-13-6-14-22-30/h3-4,7-10,15-18,23-24,29-32H,5-6,11-14,19-22,25-26H2,1-2H3/b24-23+/t31-,32-/m1/s1. The van der Waals surface area contributed by atoms with E-state index in [2.05, 4.69) is 0 Å². The van der Waals surface area contributed by atoms with Crippen molar-refractivity contribution in [1.29, 1.82) is 0 Å². The second kappa shape index (κ2) is 18.0. The van der Waals surface area contributed by atoms with Gasteiger partial charge in [0.2, 0.25) is 0 Å². The Bertz CT molecular complexity index is 1190. The van der Waals surface area contributed by atoms with E-state index in [4.69, 9.17) is 18.9 Å². The highest BCUT2D eigenvalue weighted by Crippen LogP contribution is 2.26. The van der Waals surface area contributed by atoms with E-state index >= 15 is 0 Å². The quantitative estimate of drug-likeness (QED) is 0.141. The fourth-order valence-electron chi connectivity index (χ4n) is 5.84. The average molecular weight is 635 g/mol. The van der Waals surface area contributed by atoms with Gasteiger partial charge in [-0.1, -0.05) is 73.5 Å². The summed E-state index contributed by atoms with van der Waals surface area (Å²) in [5.41, 5.74) is 1.56. The van der Waals surface area contributed by atoms with Crippen LogP contribution >= 0.6 is 0 Å². The number of hydrogen-bond donors (Lipinski definition) is 0. The molecule has 2 amide bonds. The number of likely N-dealkylation sites (N-methyl/N-ethyl adjacent to an activating group) is 2. The third kappa shape index (κ3) is 10.6. The number of carbonyl (C=O) groups excluding carboxylic acids is 4. The third-order valence-corrected chi connectivity index (χ3v) is 8.64. The second-order valence-corrected chi connectivity index (χ2v) is 12.0. The fourth-order valence-corrected chi connectivity index (χ4v) is 5.84. The van der Waals surface area contributed by atoms with E-state index in [0.29, 0.717) is 0 Å². The molecule has 10 heteroatoms. The van der Waals surface area contributed by atoms with E-state index < -0.39 is 36.2 Å². The molecule has 2 atom stereocenters. The van der Waals surface area contributed by atoms with Gasteiger partial charge in [-0.2, -0.15) is 0 Å².